The van der Waals surface area contributed by atoms with Crippen LogP contribution in [-0.2, 0) is 35.2 Å². The second kappa shape index (κ2) is 6.47. The van der Waals surface area contributed by atoms with Gasteiger partial charge in [-0.05, 0) is 0 Å². The highest BCUT2D eigenvalue weighted by Gasteiger charge is 2.38. The number of halogens is 3. The first-order chi connectivity index (χ1) is 9.52. The summed E-state index contributed by atoms with van der Waals surface area (Å²) < 4.78 is 48.9. The number of hydrogen-bond acceptors (Lipinski definition) is 5. The van der Waals surface area contributed by atoms with Gasteiger partial charge in [0.05, 0.1) is 25.5 Å². The largest absolute Gasteiger partial charge is 0.433 e. The standard InChI is InChI=1S/C12H16F3N3O2/c1-19-4-5-20-3-2-10-17-9-7-16-6-8(9)11(18-10)12(13,14)15/h16H,2-7H2,1H3. The molecule has 112 valence electrons. The summed E-state index contributed by atoms with van der Waals surface area (Å²) in [6, 6.07) is 0. The molecule has 2 rings (SSSR count). The van der Waals surface area contributed by atoms with Gasteiger partial charge in [-0.25, -0.2) is 9.97 Å². The zero-order chi connectivity index (χ0) is 14.6. The third-order valence-electron chi connectivity index (χ3n) is 2.90. The molecule has 0 unspecified atom stereocenters. The summed E-state index contributed by atoms with van der Waals surface area (Å²) >= 11 is 0. The molecular formula is C12H16F3N3O2. The third kappa shape index (κ3) is 3.65. The molecule has 0 bridgehead atoms. The summed E-state index contributed by atoms with van der Waals surface area (Å²) in [6.45, 7) is 1.62. The predicted molar refractivity (Wildman–Crippen MR) is 64.0 cm³/mol. The maximum atomic E-state index is 12.9. The fourth-order valence-electron chi connectivity index (χ4n) is 1.97. The molecular weight excluding hydrogens is 275 g/mol. The van der Waals surface area contributed by atoms with Crippen LogP contribution in [0, 0.1) is 0 Å². The van der Waals surface area contributed by atoms with E-state index in [1.54, 1.807) is 7.11 Å². The maximum Gasteiger partial charge on any atom is 0.433 e. The molecule has 0 saturated heterocycles. The van der Waals surface area contributed by atoms with E-state index in [-0.39, 0.29) is 31.0 Å². The Labute approximate surface area is 114 Å². The lowest BCUT2D eigenvalue weighted by Gasteiger charge is -2.12. The average molecular weight is 291 g/mol. The molecule has 0 atom stereocenters. The van der Waals surface area contributed by atoms with Crippen LogP contribution in [0.1, 0.15) is 22.8 Å². The van der Waals surface area contributed by atoms with Gasteiger partial charge in [-0.1, -0.05) is 0 Å². The zero-order valence-electron chi connectivity index (χ0n) is 11.1. The predicted octanol–water partition coefficient (Wildman–Crippen LogP) is 1.30. The number of fused-ring (bicyclic) bond motifs is 1. The number of methoxy groups -OCH3 is 1. The number of alkyl halides is 3. The smallest absolute Gasteiger partial charge is 0.382 e. The van der Waals surface area contributed by atoms with Crippen molar-refractivity contribution in [2.24, 2.45) is 0 Å². The van der Waals surface area contributed by atoms with Crippen molar-refractivity contribution in [3.05, 3.63) is 22.8 Å². The van der Waals surface area contributed by atoms with Gasteiger partial charge < -0.3 is 14.8 Å². The Balaban J connectivity index is 2.07. The van der Waals surface area contributed by atoms with E-state index in [2.05, 4.69) is 15.3 Å². The van der Waals surface area contributed by atoms with Crippen molar-refractivity contribution in [3.8, 4) is 0 Å². The minimum Gasteiger partial charge on any atom is -0.382 e. The van der Waals surface area contributed by atoms with Gasteiger partial charge >= 0.3 is 6.18 Å². The second-order valence-corrected chi connectivity index (χ2v) is 4.37. The summed E-state index contributed by atoms with van der Waals surface area (Å²) in [7, 11) is 1.55. The van der Waals surface area contributed by atoms with Gasteiger partial charge in [0.2, 0.25) is 0 Å². The topological polar surface area (TPSA) is 56.3 Å². The van der Waals surface area contributed by atoms with Gasteiger partial charge in [0.15, 0.2) is 5.69 Å². The summed E-state index contributed by atoms with van der Waals surface area (Å²) in [5, 5.41) is 2.86. The fraction of sp³-hybridized carbons (Fsp3) is 0.667. The van der Waals surface area contributed by atoms with Gasteiger partial charge in [0, 0.05) is 32.2 Å². The monoisotopic (exact) mass is 291 g/mol. The van der Waals surface area contributed by atoms with E-state index in [1.165, 1.54) is 0 Å². The van der Waals surface area contributed by atoms with E-state index < -0.39 is 11.9 Å². The van der Waals surface area contributed by atoms with Crippen LogP contribution in [0.25, 0.3) is 0 Å². The number of nitrogens with one attached hydrogen (secondary N) is 1. The Hall–Kier alpha value is -1.25. The summed E-state index contributed by atoms with van der Waals surface area (Å²) in [6.07, 6.45) is -4.20. The van der Waals surface area contributed by atoms with Gasteiger partial charge in [-0.2, -0.15) is 13.2 Å². The lowest BCUT2D eigenvalue weighted by atomic mass is 10.1. The van der Waals surface area contributed by atoms with Crippen LogP contribution in [-0.4, -0.2) is 36.9 Å². The van der Waals surface area contributed by atoms with Gasteiger partial charge in [0.1, 0.15) is 5.82 Å². The van der Waals surface area contributed by atoms with E-state index >= 15 is 0 Å². The highest BCUT2D eigenvalue weighted by molar-refractivity contribution is 5.31. The molecule has 1 aliphatic heterocycles. The van der Waals surface area contributed by atoms with E-state index in [0.717, 1.165) is 0 Å². The van der Waals surface area contributed by atoms with Crippen molar-refractivity contribution in [1.29, 1.82) is 0 Å². The van der Waals surface area contributed by atoms with Crippen molar-refractivity contribution < 1.29 is 22.6 Å². The van der Waals surface area contributed by atoms with Crippen LogP contribution in [0.2, 0.25) is 0 Å². The van der Waals surface area contributed by atoms with E-state index in [1.807, 2.05) is 0 Å². The minimum absolute atomic E-state index is 0.154. The molecule has 0 saturated carbocycles. The van der Waals surface area contributed by atoms with Crippen molar-refractivity contribution in [1.82, 2.24) is 15.3 Å². The van der Waals surface area contributed by atoms with Crippen LogP contribution >= 0.6 is 0 Å². The average Bonchev–Trinajstić information content (AvgIpc) is 2.84. The molecule has 2 heterocycles. The van der Waals surface area contributed by atoms with Crippen LogP contribution in [0.3, 0.4) is 0 Å². The molecule has 5 nitrogen and oxygen atoms in total. The maximum absolute atomic E-state index is 12.9. The van der Waals surface area contributed by atoms with Crippen LogP contribution in [0.15, 0.2) is 0 Å². The molecule has 1 aromatic heterocycles. The van der Waals surface area contributed by atoms with Crippen LogP contribution in [0.5, 0.6) is 0 Å². The highest BCUT2D eigenvalue weighted by atomic mass is 19.4. The van der Waals surface area contributed by atoms with Crippen LogP contribution in [0.4, 0.5) is 13.2 Å². The quantitative estimate of drug-likeness (QED) is 0.801. The Morgan fingerprint density at radius 2 is 1.95 bits per heavy atom. The Morgan fingerprint density at radius 1 is 1.15 bits per heavy atom. The molecule has 1 N–H and O–H groups in total. The lowest BCUT2D eigenvalue weighted by molar-refractivity contribution is -0.142. The molecule has 1 aliphatic rings. The number of nitrogens with zero attached hydrogens (tertiary/aromatic N) is 2. The summed E-state index contributed by atoms with van der Waals surface area (Å²) in [4.78, 5) is 7.81. The summed E-state index contributed by atoms with van der Waals surface area (Å²) in [5.41, 5.74) is -0.250. The third-order valence-corrected chi connectivity index (χ3v) is 2.90. The van der Waals surface area contributed by atoms with Gasteiger partial charge in [-0.15, -0.1) is 0 Å². The first kappa shape index (κ1) is 15.1. The molecule has 20 heavy (non-hydrogen) atoms. The molecule has 1 aromatic rings. The lowest BCUT2D eigenvalue weighted by Crippen LogP contribution is -2.17. The van der Waals surface area contributed by atoms with Crippen LogP contribution < -0.4 is 5.32 Å². The Kier molecular flexibility index (Phi) is 4.90. The van der Waals surface area contributed by atoms with Gasteiger partial charge in [0.25, 0.3) is 0 Å². The molecule has 0 aromatic carbocycles. The molecule has 8 heteroatoms. The molecule has 0 fully saturated rings. The number of aromatic nitrogens is 2. The van der Waals surface area contributed by atoms with Crippen molar-refractivity contribution in [2.45, 2.75) is 25.7 Å². The molecule has 0 aliphatic carbocycles. The SMILES string of the molecule is COCCOCCc1nc2c(c(C(F)(F)F)n1)CNC2. The van der Waals surface area contributed by atoms with E-state index in [4.69, 9.17) is 9.47 Å². The molecule has 0 amide bonds. The van der Waals surface area contributed by atoms with Crippen molar-refractivity contribution in [2.75, 3.05) is 26.9 Å². The molecule has 0 spiro atoms. The van der Waals surface area contributed by atoms with E-state index in [9.17, 15) is 13.2 Å². The first-order valence-corrected chi connectivity index (χ1v) is 6.25. The fourth-order valence-corrected chi connectivity index (χ4v) is 1.97. The second-order valence-electron chi connectivity index (χ2n) is 4.37. The number of ether oxygens (including phenoxy) is 2. The molecule has 0 radical (unpaired) electrons. The minimum atomic E-state index is -4.45. The zero-order valence-corrected chi connectivity index (χ0v) is 11.1. The number of rotatable bonds is 6. The Bertz CT molecular complexity index is 466. The highest BCUT2D eigenvalue weighted by Crippen LogP contribution is 2.33. The normalized spacial score (nSPS) is 14.6. The van der Waals surface area contributed by atoms with E-state index in [0.29, 0.717) is 25.5 Å². The number of hydrogen-bond donors (Lipinski definition) is 1. The summed E-state index contributed by atoms with van der Waals surface area (Å²) in [5.74, 6) is 0.164. The van der Waals surface area contributed by atoms with Crippen molar-refractivity contribution in [3.63, 3.8) is 0 Å². The van der Waals surface area contributed by atoms with Gasteiger partial charge in [-0.3, -0.25) is 0 Å². The van der Waals surface area contributed by atoms with Crippen molar-refractivity contribution >= 4 is 0 Å². The first-order valence-electron chi connectivity index (χ1n) is 6.25. The Morgan fingerprint density at radius 3 is 2.65 bits per heavy atom.